The second kappa shape index (κ2) is 13.8. The third-order valence-corrected chi connectivity index (χ3v) is 7.25. The number of halogens is 1. The van der Waals surface area contributed by atoms with E-state index in [4.69, 9.17) is 5.73 Å². The molecule has 2 atom stereocenters. The molecule has 1 unspecified atom stereocenters. The fraction of sp³-hybridized carbons (Fsp3) is 0.333. The number of piperidine rings is 1. The van der Waals surface area contributed by atoms with E-state index in [0.717, 1.165) is 12.0 Å². The summed E-state index contributed by atoms with van der Waals surface area (Å²) < 4.78 is 13.5. The van der Waals surface area contributed by atoms with Crippen LogP contribution in [-0.4, -0.2) is 64.8 Å². The quantitative estimate of drug-likeness (QED) is 0.280. The van der Waals surface area contributed by atoms with E-state index >= 15 is 0 Å². The lowest BCUT2D eigenvalue weighted by Gasteiger charge is -2.43. The van der Waals surface area contributed by atoms with Crippen LogP contribution in [0.4, 0.5) is 10.1 Å². The van der Waals surface area contributed by atoms with Crippen LogP contribution in [0.5, 0.6) is 0 Å². The van der Waals surface area contributed by atoms with Crippen molar-refractivity contribution in [2.45, 2.75) is 37.9 Å². The molecular weight excluding hydrogens is 513 g/mol. The normalized spacial score (nSPS) is 17.0. The van der Waals surface area contributed by atoms with Gasteiger partial charge in [0.05, 0.1) is 4.92 Å². The van der Waals surface area contributed by atoms with Crippen LogP contribution in [-0.2, 0) is 17.8 Å². The van der Waals surface area contributed by atoms with Crippen molar-refractivity contribution in [1.29, 1.82) is 0 Å². The van der Waals surface area contributed by atoms with Crippen molar-refractivity contribution in [3.8, 4) is 0 Å². The average molecular weight is 548 g/mol. The Bertz CT molecular complexity index is 1290. The topological polar surface area (TPSA) is 122 Å². The third-order valence-electron chi connectivity index (χ3n) is 7.25. The summed E-state index contributed by atoms with van der Waals surface area (Å²) in [5, 5.41) is 14.0. The first-order valence-electron chi connectivity index (χ1n) is 13.4. The minimum absolute atomic E-state index is 0.0233. The number of carbonyl (C=O) groups is 2. The molecule has 0 bridgehead atoms. The molecule has 210 valence electrons. The smallest absolute Gasteiger partial charge is 0.269 e. The lowest BCUT2D eigenvalue weighted by molar-refractivity contribution is -0.384. The molecule has 3 N–H and O–H groups in total. The van der Waals surface area contributed by atoms with Gasteiger partial charge in [-0.3, -0.25) is 24.6 Å². The van der Waals surface area contributed by atoms with Crippen LogP contribution in [0, 0.1) is 15.9 Å². The number of benzene rings is 3. The number of carbonyl (C=O) groups excluding carboxylic acids is 2. The van der Waals surface area contributed by atoms with Crippen molar-refractivity contribution in [1.82, 2.24) is 15.1 Å². The van der Waals surface area contributed by atoms with E-state index in [1.165, 1.54) is 42.0 Å². The van der Waals surface area contributed by atoms with Gasteiger partial charge in [-0.25, -0.2) is 4.39 Å². The highest BCUT2D eigenvalue weighted by atomic mass is 19.1. The maximum atomic E-state index is 13.5. The molecule has 40 heavy (non-hydrogen) atoms. The number of nitro benzene ring substituents is 1. The number of non-ortho nitro benzene ring substituents is 1. The minimum Gasteiger partial charge on any atom is -0.353 e. The van der Waals surface area contributed by atoms with Gasteiger partial charge in [0, 0.05) is 56.5 Å². The first-order valence-corrected chi connectivity index (χ1v) is 13.4. The second-order valence-corrected chi connectivity index (χ2v) is 9.91. The van der Waals surface area contributed by atoms with Gasteiger partial charge in [0.1, 0.15) is 11.9 Å². The van der Waals surface area contributed by atoms with Crippen molar-refractivity contribution < 1.29 is 18.9 Å². The number of nitrogens with zero attached hydrogens (tertiary/aromatic N) is 3. The van der Waals surface area contributed by atoms with Gasteiger partial charge in [0.25, 0.3) is 11.6 Å². The molecule has 2 amide bonds. The van der Waals surface area contributed by atoms with E-state index in [2.05, 4.69) is 22.3 Å². The van der Waals surface area contributed by atoms with Gasteiger partial charge in [-0.15, -0.1) is 0 Å². The van der Waals surface area contributed by atoms with E-state index in [-0.39, 0.29) is 30.1 Å². The molecule has 3 aromatic rings. The highest BCUT2D eigenvalue weighted by molar-refractivity contribution is 5.97. The molecule has 1 fully saturated rings. The van der Waals surface area contributed by atoms with Crippen molar-refractivity contribution in [3.05, 3.63) is 111 Å². The van der Waals surface area contributed by atoms with Gasteiger partial charge in [0.2, 0.25) is 5.91 Å². The zero-order valence-corrected chi connectivity index (χ0v) is 22.2. The Kier molecular flexibility index (Phi) is 9.93. The summed E-state index contributed by atoms with van der Waals surface area (Å²) in [6.07, 6.45) is 1.83. The van der Waals surface area contributed by atoms with Crippen LogP contribution >= 0.6 is 0 Å². The zero-order chi connectivity index (χ0) is 28.5. The van der Waals surface area contributed by atoms with Crippen LogP contribution in [0.15, 0.2) is 78.9 Å². The number of nitro groups is 1. The maximum absolute atomic E-state index is 13.5. The summed E-state index contributed by atoms with van der Waals surface area (Å²) in [7, 11) is 0. The number of amides is 2. The maximum Gasteiger partial charge on any atom is 0.269 e. The minimum atomic E-state index is -0.723. The molecule has 10 heteroatoms. The van der Waals surface area contributed by atoms with E-state index in [1.54, 1.807) is 17.0 Å². The van der Waals surface area contributed by atoms with E-state index in [1.807, 2.05) is 18.2 Å². The fourth-order valence-electron chi connectivity index (χ4n) is 5.11. The molecule has 1 aliphatic heterocycles. The molecule has 9 nitrogen and oxygen atoms in total. The monoisotopic (exact) mass is 547 g/mol. The summed E-state index contributed by atoms with van der Waals surface area (Å²) in [5.74, 6) is -1.03. The molecule has 1 aliphatic rings. The van der Waals surface area contributed by atoms with Crippen molar-refractivity contribution in [2.24, 2.45) is 5.73 Å². The number of hydrogen-bond donors (Lipinski definition) is 2. The van der Waals surface area contributed by atoms with Gasteiger partial charge < -0.3 is 16.0 Å². The lowest BCUT2D eigenvalue weighted by atomic mass is 9.93. The van der Waals surface area contributed by atoms with Gasteiger partial charge in [-0.05, 0) is 54.7 Å². The third kappa shape index (κ3) is 7.49. The van der Waals surface area contributed by atoms with Gasteiger partial charge >= 0.3 is 0 Å². The second-order valence-electron chi connectivity index (χ2n) is 9.91. The molecule has 0 radical (unpaired) electrons. The molecule has 0 saturated carbocycles. The number of rotatable bonds is 11. The lowest BCUT2D eigenvalue weighted by Crippen LogP contribution is -2.57. The number of nitrogens with one attached hydrogen (secondary N) is 1. The Labute approximate surface area is 232 Å². The van der Waals surface area contributed by atoms with Gasteiger partial charge in [-0.2, -0.15) is 0 Å². The highest BCUT2D eigenvalue weighted by Crippen LogP contribution is 2.26. The fourth-order valence-corrected chi connectivity index (χ4v) is 5.11. The Balaban J connectivity index is 1.57. The summed E-state index contributed by atoms with van der Waals surface area (Å²) in [4.78, 5) is 41.2. The predicted octanol–water partition coefficient (Wildman–Crippen LogP) is 3.53. The highest BCUT2D eigenvalue weighted by Gasteiger charge is 2.38. The first-order chi connectivity index (χ1) is 19.4. The molecule has 1 heterocycles. The Morgan fingerprint density at radius 3 is 2.38 bits per heavy atom. The molecule has 4 rings (SSSR count). The summed E-state index contributed by atoms with van der Waals surface area (Å²) in [6.45, 7) is 2.16. The van der Waals surface area contributed by atoms with Crippen molar-refractivity contribution in [3.63, 3.8) is 0 Å². The van der Waals surface area contributed by atoms with E-state index in [9.17, 15) is 24.1 Å². The van der Waals surface area contributed by atoms with Crippen molar-refractivity contribution >= 4 is 17.5 Å². The average Bonchev–Trinajstić information content (AvgIpc) is 2.98. The van der Waals surface area contributed by atoms with Crippen LogP contribution in [0.1, 0.15) is 34.3 Å². The van der Waals surface area contributed by atoms with E-state index < -0.39 is 16.8 Å². The standard InChI is InChI=1S/C30H34FN5O4/c31-25-10-8-24(9-11-25)30(38)35-19-15-27(20-28(35)29(37)33-17-16-32)34(18-14-22-4-2-1-3-5-22)21-23-6-12-26(13-7-23)36(39)40/h1-13,27-28H,14-21,32H2,(H,33,37)/t27?,28-/m1/s1. The first kappa shape index (κ1) is 28.8. The Hall–Kier alpha value is -4.15. The van der Waals surface area contributed by atoms with E-state index in [0.29, 0.717) is 44.6 Å². The summed E-state index contributed by atoms with van der Waals surface area (Å²) in [5.41, 5.74) is 8.07. The Morgan fingerprint density at radius 1 is 1.02 bits per heavy atom. The van der Waals surface area contributed by atoms with Gasteiger partial charge in [-0.1, -0.05) is 42.5 Å². The number of hydrogen-bond acceptors (Lipinski definition) is 6. The zero-order valence-electron chi connectivity index (χ0n) is 22.2. The number of likely N-dealkylation sites (tertiary alicyclic amines) is 1. The molecule has 3 aromatic carbocycles. The largest absolute Gasteiger partial charge is 0.353 e. The summed E-state index contributed by atoms with van der Waals surface area (Å²) >= 11 is 0. The van der Waals surface area contributed by atoms with Gasteiger partial charge in [0.15, 0.2) is 0 Å². The SMILES string of the molecule is NCCNC(=O)[C@H]1CC(N(CCc2ccccc2)Cc2ccc([N+](=O)[O-])cc2)CCN1C(=O)c1ccc(F)cc1. The molecule has 0 aliphatic carbocycles. The van der Waals surface area contributed by atoms with Crippen molar-refractivity contribution in [2.75, 3.05) is 26.2 Å². The van der Waals surface area contributed by atoms with Crippen LogP contribution < -0.4 is 11.1 Å². The van der Waals surface area contributed by atoms with Crippen LogP contribution in [0.25, 0.3) is 0 Å². The molecule has 1 saturated heterocycles. The van der Waals surface area contributed by atoms with Crippen LogP contribution in [0.3, 0.4) is 0 Å². The predicted molar refractivity (Wildman–Crippen MR) is 150 cm³/mol. The molecule has 0 spiro atoms. The molecular formula is C30H34FN5O4. The van der Waals surface area contributed by atoms with Crippen LogP contribution in [0.2, 0.25) is 0 Å². The molecule has 0 aromatic heterocycles. The number of nitrogens with two attached hydrogens (primary N) is 1. The summed E-state index contributed by atoms with van der Waals surface area (Å²) in [6, 6.07) is 21.2. The Morgan fingerprint density at radius 2 is 1.73 bits per heavy atom.